The summed E-state index contributed by atoms with van der Waals surface area (Å²) in [4.78, 5) is 23.8. The van der Waals surface area contributed by atoms with Crippen LogP contribution >= 0.6 is 11.8 Å². The van der Waals surface area contributed by atoms with E-state index in [4.69, 9.17) is 14.6 Å². The number of methoxy groups -OCH3 is 1. The molecule has 2 rings (SSSR count). The Morgan fingerprint density at radius 2 is 1.88 bits per heavy atom. The molecule has 126 valence electrons. The molecule has 0 radical (unpaired) electrons. The number of para-hydroxylation sites is 1. The van der Waals surface area contributed by atoms with Crippen LogP contribution in [-0.2, 0) is 4.79 Å². The Hall–Kier alpha value is -2.47. The van der Waals surface area contributed by atoms with Gasteiger partial charge in [0, 0.05) is 4.90 Å². The molecule has 5 nitrogen and oxygen atoms in total. The van der Waals surface area contributed by atoms with Gasteiger partial charge in [0.25, 0.3) is 0 Å². The highest BCUT2D eigenvalue weighted by atomic mass is 32.2. The van der Waals surface area contributed by atoms with Crippen molar-refractivity contribution in [1.82, 2.24) is 0 Å². The number of carboxylic acid groups (broad SMARTS) is 1. The molecule has 2 aromatic carbocycles. The average molecular weight is 346 g/mol. The predicted octanol–water partition coefficient (Wildman–Crippen LogP) is 3.44. The smallest absolute Gasteiger partial charge is 0.341 e. The number of ketones is 1. The topological polar surface area (TPSA) is 72.8 Å². The summed E-state index contributed by atoms with van der Waals surface area (Å²) in [6, 6.07) is 12.5. The van der Waals surface area contributed by atoms with Gasteiger partial charge in [-0.15, -0.1) is 11.8 Å². The summed E-state index contributed by atoms with van der Waals surface area (Å²) in [5, 5.41) is 8.64. The number of ether oxygens (including phenoxy) is 2. The number of hydrogen-bond acceptors (Lipinski definition) is 5. The minimum absolute atomic E-state index is 0.0127. The lowest BCUT2D eigenvalue weighted by atomic mass is 10.1. The van der Waals surface area contributed by atoms with Crippen molar-refractivity contribution in [2.45, 2.75) is 11.8 Å². The number of benzene rings is 2. The summed E-state index contributed by atoms with van der Waals surface area (Å²) < 4.78 is 10.4. The van der Waals surface area contributed by atoms with Gasteiger partial charge in [0.15, 0.2) is 12.4 Å². The van der Waals surface area contributed by atoms with Gasteiger partial charge in [-0.25, -0.2) is 4.79 Å². The zero-order valence-corrected chi connectivity index (χ0v) is 14.3. The van der Waals surface area contributed by atoms with Gasteiger partial charge in [0.2, 0.25) is 0 Å². The Labute approximate surface area is 144 Å². The number of hydrogen-bond donors (Lipinski definition) is 1. The van der Waals surface area contributed by atoms with E-state index in [2.05, 4.69) is 0 Å². The minimum atomic E-state index is -1.02. The first-order chi connectivity index (χ1) is 11.5. The molecule has 0 aliphatic rings. The van der Waals surface area contributed by atoms with Crippen LogP contribution in [0.2, 0.25) is 0 Å². The molecule has 0 aromatic heterocycles. The van der Waals surface area contributed by atoms with Gasteiger partial charge in [-0.3, -0.25) is 4.79 Å². The Morgan fingerprint density at radius 1 is 1.12 bits per heavy atom. The standard InChI is InChI=1S/C18H18O5S/c1-12-9-13(7-8-16(12)23-10-18(20)21)24-11-15(19)14-5-3-4-6-17(14)22-2/h3-9H,10-11H2,1-2H3,(H,20,21). The van der Waals surface area contributed by atoms with Crippen molar-refractivity contribution in [2.75, 3.05) is 19.5 Å². The molecule has 0 aliphatic carbocycles. The maximum absolute atomic E-state index is 12.3. The summed E-state index contributed by atoms with van der Waals surface area (Å²) in [6.07, 6.45) is 0. The van der Waals surface area contributed by atoms with E-state index in [1.165, 1.54) is 11.8 Å². The minimum Gasteiger partial charge on any atom is -0.496 e. The van der Waals surface area contributed by atoms with Gasteiger partial charge in [0.05, 0.1) is 18.4 Å². The third-order valence-electron chi connectivity index (χ3n) is 3.27. The average Bonchev–Trinajstić information content (AvgIpc) is 2.58. The lowest BCUT2D eigenvalue weighted by Crippen LogP contribution is -2.10. The maximum Gasteiger partial charge on any atom is 0.341 e. The Kier molecular flexibility index (Phi) is 6.26. The molecule has 0 heterocycles. The molecule has 0 saturated carbocycles. The van der Waals surface area contributed by atoms with Crippen molar-refractivity contribution < 1.29 is 24.2 Å². The molecule has 0 spiro atoms. The largest absolute Gasteiger partial charge is 0.496 e. The molecule has 1 N–H and O–H groups in total. The first-order valence-electron chi connectivity index (χ1n) is 7.25. The number of carbonyl (C=O) groups excluding carboxylic acids is 1. The quantitative estimate of drug-likeness (QED) is 0.583. The summed E-state index contributed by atoms with van der Waals surface area (Å²) >= 11 is 1.41. The van der Waals surface area contributed by atoms with E-state index in [0.29, 0.717) is 17.1 Å². The Bertz CT molecular complexity index is 742. The van der Waals surface area contributed by atoms with Crippen molar-refractivity contribution in [3.63, 3.8) is 0 Å². The fraction of sp³-hybridized carbons (Fsp3) is 0.222. The molecule has 0 amide bonds. The second-order valence-electron chi connectivity index (χ2n) is 5.02. The summed E-state index contributed by atoms with van der Waals surface area (Å²) in [7, 11) is 1.54. The van der Waals surface area contributed by atoms with Gasteiger partial charge >= 0.3 is 5.97 Å². The molecular weight excluding hydrogens is 328 g/mol. The first-order valence-corrected chi connectivity index (χ1v) is 8.24. The van der Waals surface area contributed by atoms with Crippen molar-refractivity contribution in [3.05, 3.63) is 53.6 Å². The highest BCUT2D eigenvalue weighted by molar-refractivity contribution is 8.00. The number of Topliss-reactive ketones (excluding diaryl/α,β-unsaturated/α-hetero) is 1. The molecule has 0 unspecified atom stereocenters. The van der Waals surface area contributed by atoms with Crippen LogP contribution in [0.25, 0.3) is 0 Å². The molecule has 0 atom stereocenters. The van der Waals surface area contributed by atoms with E-state index in [0.717, 1.165) is 10.5 Å². The lowest BCUT2D eigenvalue weighted by Gasteiger charge is -2.09. The number of carbonyl (C=O) groups is 2. The second kappa shape index (κ2) is 8.40. The molecule has 2 aromatic rings. The van der Waals surface area contributed by atoms with Gasteiger partial charge in [-0.1, -0.05) is 12.1 Å². The molecular formula is C18H18O5S. The number of aryl methyl sites for hydroxylation is 1. The van der Waals surface area contributed by atoms with Crippen LogP contribution < -0.4 is 9.47 Å². The Balaban J connectivity index is 2.00. The van der Waals surface area contributed by atoms with Crippen LogP contribution in [-0.4, -0.2) is 36.3 Å². The SMILES string of the molecule is COc1ccccc1C(=O)CSc1ccc(OCC(=O)O)c(C)c1. The van der Waals surface area contributed by atoms with E-state index in [1.54, 1.807) is 31.4 Å². The van der Waals surface area contributed by atoms with Gasteiger partial charge < -0.3 is 14.6 Å². The van der Waals surface area contributed by atoms with E-state index < -0.39 is 5.97 Å². The molecule has 0 bridgehead atoms. The van der Waals surface area contributed by atoms with Crippen LogP contribution in [0.4, 0.5) is 0 Å². The summed E-state index contributed by atoms with van der Waals surface area (Å²) in [6.45, 7) is 1.46. The molecule has 0 aliphatic heterocycles. The molecule has 24 heavy (non-hydrogen) atoms. The van der Waals surface area contributed by atoms with Crippen molar-refractivity contribution in [3.8, 4) is 11.5 Å². The summed E-state index contributed by atoms with van der Waals surface area (Å²) in [5.41, 5.74) is 1.39. The van der Waals surface area contributed by atoms with Crippen LogP contribution in [0.15, 0.2) is 47.4 Å². The number of aliphatic carboxylic acids is 1. The lowest BCUT2D eigenvalue weighted by molar-refractivity contribution is -0.139. The zero-order valence-electron chi connectivity index (χ0n) is 13.4. The molecule has 0 saturated heterocycles. The van der Waals surface area contributed by atoms with E-state index in [-0.39, 0.29) is 18.1 Å². The highest BCUT2D eigenvalue weighted by Crippen LogP contribution is 2.27. The monoisotopic (exact) mass is 346 g/mol. The third kappa shape index (κ3) is 4.76. The van der Waals surface area contributed by atoms with Crippen LogP contribution in [0.1, 0.15) is 15.9 Å². The zero-order chi connectivity index (χ0) is 17.5. The Morgan fingerprint density at radius 3 is 2.54 bits per heavy atom. The number of rotatable bonds is 8. The van der Waals surface area contributed by atoms with Crippen molar-refractivity contribution in [2.24, 2.45) is 0 Å². The maximum atomic E-state index is 12.3. The number of thioether (sulfide) groups is 1. The number of carboxylic acids is 1. The van der Waals surface area contributed by atoms with Gasteiger partial charge in [0.1, 0.15) is 11.5 Å². The van der Waals surface area contributed by atoms with E-state index >= 15 is 0 Å². The van der Waals surface area contributed by atoms with Gasteiger partial charge in [-0.05, 0) is 42.8 Å². The van der Waals surface area contributed by atoms with E-state index in [9.17, 15) is 9.59 Å². The van der Waals surface area contributed by atoms with Crippen LogP contribution in [0.3, 0.4) is 0 Å². The van der Waals surface area contributed by atoms with E-state index in [1.807, 2.05) is 25.1 Å². The first kappa shape index (κ1) is 17.9. The van der Waals surface area contributed by atoms with Gasteiger partial charge in [-0.2, -0.15) is 0 Å². The predicted molar refractivity (Wildman–Crippen MR) is 92.4 cm³/mol. The summed E-state index contributed by atoms with van der Waals surface area (Å²) in [5.74, 6) is 0.348. The third-order valence-corrected chi connectivity index (χ3v) is 4.27. The fourth-order valence-corrected chi connectivity index (χ4v) is 2.99. The molecule has 6 heteroatoms. The normalized spacial score (nSPS) is 10.2. The van der Waals surface area contributed by atoms with Crippen LogP contribution in [0.5, 0.6) is 11.5 Å². The fourth-order valence-electron chi connectivity index (χ4n) is 2.11. The van der Waals surface area contributed by atoms with Crippen LogP contribution in [0, 0.1) is 6.92 Å². The van der Waals surface area contributed by atoms with Crippen molar-refractivity contribution >= 4 is 23.5 Å². The second-order valence-corrected chi connectivity index (χ2v) is 6.07. The highest BCUT2D eigenvalue weighted by Gasteiger charge is 2.12. The molecule has 0 fully saturated rings. The van der Waals surface area contributed by atoms with Crippen molar-refractivity contribution in [1.29, 1.82) is 0 Å².